The summed E-state index contributed by atoms with van der Waals surface area (Å²) in [6.07, 6.45) is 6.81. The number of fused-ring (bicyclic) bond motifs is 5. The normalized spacial score (nSPS) is 31.0. The van der Waals surface area contributed by atoms with E-state index in [9.17, 15) is 10.2 Å². The van der Waals surface area contributed by atoms with Crippen LogP contribution in [-0.2, 0) is 11.7 Å². The summed E-state index contributed by atoms with van der Waals surface area (Å²) in [7, 11) is 1.80. The van der Waals surface area contributed by atoms with E-state index in [1.54, 1.807) is 12.7 Å². The minimum absolute atomic E-state index is 0.110. The van der Waals surface area contributed by atoms with Crippen LogP contribution in [0, 0.1) is 31.1 Å². The van der Waals surface area contributed by atoms with Gasteiger partial charge in [0.2, 0.25) is 0 Å². The molecule has 172 valence electrons. The van der Waals surface area contributed by atoms with Crippen LogP contribution in [0.2, 0.25) is 0 Å². The van der Waals surface area contributed by atoms with Gasteiger partial charge < -0.3 is 0 Å². The van der Waals surface area contributed by atoms with E-state index >= 15 is 0 Å². The number of phenolic OH excluding ortho intramolecular Hbond substituents is 1. The fraction of sp³-hybridized carbons (Fsp3) is 0.571. The second-order valence-electron chi connectivity index (χ2n) is 10.6. The summed E-state index contributed by atoms with van der Waals surface area (Å²) in [5, 5.41) is 21.6. The first-order valence-corrected chi connectivity index (χ1v) is 14.2. The van der Waals surface area contributed by atoms with Crippen LogP contribution in [0.1, 0.15) is 72.8 Å². The molecule has 3 aliphatic carbocycles. The Labute approximate surface area is 198 Å². The molecule has 3 aliphatic rings. The molecule has 0 amide bonds. The van der Waals surface area contributed by atoms with Crippen molar-refractivity contribution in [3.63, 3.8) is 0 Å². The quantitative estimate of drug-likeness (QED) is 0.597. The number of benzene rings is 2. The molecule has 0 aromatic heterocycles. The van der Waals surface area contributed by atoms with Crippen LogP contribution in [0.15, 0.2) is 24.3 Å². The molecule has 2 fully saturated rings. The molecule has 0 saturated heterocycles. The molecule has 5 atom stereocenters. The summed E-state index contributed by atoms with van der Waals surface area (Å²) in [5.41, 5.74) is 6.88. The van der Waals surface area contributed by atoms with Crippen molar-refractivity contribution in [1.82, 2.24) is 0 Å². The molecule has 2 aromatic rings. The van der Waals surface area contributed by atoms with E-state index < -0.39 is 0 Å². The van der Waals surface area contributed by atoms with Gasteiger partial charge in [-0.1, -0.05) is 0 Å². The molecule has 0 aliphatic heterocycles. The van der Waals surface area contributed by atoms with Crippen LogP contribution in [-0.4, -0.2) is 38.4 Å². The average molecular weight is 500 g/mol. The molecule has 2 saturated carbocycles. The Morgan fingerprint density at radius 1 is 1.06 bits per heavy atom. The van der Waals surface area contributed by atoms with Crippen molar-refractivity contribution in [3.05, 3.63) is 52.1 Å². The molecular weight excluding hydrogens is 463 g/mol. The van der Waals surface area contributed by atoms with E-state index in [0.717, 1.165) is 30.3 Å². The first-order chi connectivity index (χ1) is 15.3. The Morgan fingerprint density at radius 3 is 2.53 bits per heavy atom. The molecule has 0 radical (unpaired) electrons. The zero-order valence-electron chi connectivity index (χ0n) is 19.8. The van der Waals surface area contributed by atoms with Gasteiger partial charge in [-0.15, -0.1) is 0 Å². The van der Waals surface area contributed by atoms with Gasteiger partial charge >= 0.3 is 199 Å². The average Bonchev–Trinajstić information content (AvgIpc) is 3.06. The molecule has 3 nitrogen and oxygen atoms in total. The summed E-state index contributed by atoms with van der Waals surface area (Å²) in [6.45, 7) is 6.56. The van der Waals surface area contributed by atoms with Gasteiger partial charge in [0.1, 0.15) is 0 Å². The summed E-state index contributed by atoms with van der Waals surface area (Å²) in [4.78, 5) is 0. The van der Waals surface area contributed by atoms with Crippen LogP contribution in [0.25, 0.3) is 0 Å². The van der Waals surface area contributed by atoms with Gasteiger partial charge in [0, 0.05) is 0 Å². The van der Waals surface area contributed by atoms with E-state index in [-0.39, 0.29) is 26.5 Å². The number of aliphatic hydroxyl groups excluding tert-OH is 1. The third kappa shape index (κ3) is 3.59. The maximum absolute atomic E-state index is 10.7. The van der Waals surface area contributed by atoms with Crippen LogP contribution >= 0.6 is 0 Å². The number of aromatic hydroxyl groups is 1. The zero-order chi connectivity index (χ0) is 22.6. The van der Waals surface area contributed by atoms with Crippen molar-refractivity contribution in [2.24, 2.45) is 17.3 Å². The van der Waals surface area contributed by atoms with Crippen molar-refractivity contribution in [1.29, 1.82) is 0 Å². The fourth-order valence-corrected chi connectivity index (χ4v) is 9.53. The molecule has 4 heteroatoms. The number of rotatable bonds is 4. The first-order valence-electron chi connectivity index (χ1n) is 12.1. The number of hydrogen-bond acceptors (Lipinski definition) is 3. The van der Waals surface area contributed by atoms with Crippen molar-refractivity contribution < 1.29 is 14.9 Å². The second-order valence-corrected chi connectivity index (χ2v) is 12.7. The molecule has 2 N–H and O–H groups in total. The zero-order valence-corrected chi connectivity index (χ0v) is 21.5. The van der Waals surface area contributed by atoms with Crippen LogP contribution < -0.4 is 9.20 Å². The van der Waals surface area contributed by atoms with Crippen LogP contribution in [0.5, 0.6) is 11.5 Å². The monoisotopic (exact) mass is 500 g/mol. The number of methoxy groups -OCH3 is 1. The second kappa shape index (κ2) is 8.38. The Morgan fingerprint density at radius 2 is 1.81 bits per heavy atom. The van der Waals surface area contributed by atoms with E-state index in [1.807, 2.05) is 12.1 Å². The number of hydrogen-bond donors (Lipinski definition) is 2. The van der Waals surface area contributed by atoms with E-state index in [1.165, 1.54) is 46.0 Å². The SMILES string of the molecule is COc1cc2c(cc1C[Se]c1c(C)cc(O)cc1C)[C@H]1CC[C@]3(C)[C@H](O)CC[C@H]3[C@@H]1CC2. The van der Waals surface area contributed by atoms with Crippen molar-refractivity contribution >= 4 is 19.4 Å². The molecule has 5 rings (SSSR count). The minimum atomic E-state index is -0.110. The Balaban J connectivity index is 1.44. The van der Waals surface area contributed by atoms with Crippen molar-refractivity contribution in [3.8, 4) is 11.5 Å². The number of aryl methyl sites for hydroxylation is 3. The topological polar surface area (TPSA) is 49.7 Å². The molecule has 2 aromatic carbocycles. The molecule has 0 heterocycles. The van der Waals surface area contributed by atoms with Gasteiger partial charge in [0.25, 0.3) is 0 Å². The van der Waals surface area contributed by atoms with Gasteiger partial charge in [0.05, 0.1) is 0 Å². The molecule has 0 unspecified atom stereocenters. The molecule has 32 heavy (non-hydrogen) atoms. The number of aliphatic hydroxyl groups is 1. The first kappa shape index (κ1) is 22.3. The Hall–Kier alpha value is -1.48. The van der Waals surface area contributed by atoms with Gasteiger partial charge in [-0.2, -0.15) is 0 Å². The van der Waals surface area contributed by atoms with Crippen molar-refractivity contribution in [2.75, 3.05) is 7.11 Å². The fourth-order valence-electron chi connectivity index (χ4n) is 7.23. The van der Waals surface area contributed by atoms with Gasteiger partial charge in [-0.05, 0) is 0 Å². The van der Waals surface area contributed by atoms with Crippen molar-refractivity contribution in [2.45, 2.75) is 76.6 Å². The van der Waals surface area contributed by atoms with E-state index in [0.29, 0.717) is 23.5 Å². The van der Waals surface area contributed by atoms with E-state index in [2.05, 4.69) is 32.9 Å². The van der Waals surface area contributed by atoms with Gasteiger partial charge in [-0.25, -0.2) is 0 Å². The maximum atomic E-state index is 10.7. The van der Waals surface area contributed by atoms with Crippen LogP contribution in [0.4, 0.5) is 0 Å². The Bertz CT molecular complexity index is 1010. The predicted octanol–water partition coefficient (Wildman–Crippen LogP) is 4.76. The standard InChI is InChI=1S/C28H36O3Se/c1-16-11-20(29)12-17(2)27(16)32-15-19-13-23-18(14-25(19)31-4)5-6-22-21(23)9-10-28(3)24(22)7-8-26(28)30/h11-14,21-22,24,26,29-30H,5-10,15H2,1-4H3/t21-,22+,24-,26+,28-/m0/s1. The Kier molecular flexibility index (Phi) is 5.85. The number of ether oxygens (including phenoxy) is 1. The third-order valence-electron chi connectivity index (χ3n) is 8.89. The van der Waals surface area contributed by atoms with Gasteiger partial charge in [-0.3, -0.25) is 0 Å². The van der Waals surface area contributed by atoms with Gasteiger partial charge in [0.15, 0.2) is 0 Å². The summed E-state index contributed by atoms with van der Waals surface area (Å²) in [6, 6.07) is 8.57. The molecule has 0 bridgehead atoms. The van der Waals surface area contributed by atoms with E-state index in [4.69, 9.17) is 4.74 Å². The predicted molar refractivity (Wildman–Crippen MR) is 130 cm³/mol. The molecular formula is C28H36O3Se. The summed E-state index contributed by atoms with van der Waals surface area (Å²) < 4.78 is 7.24. The molecule has 0 spiro atoms. The van der Waals surface area contributed by atoms with Crippen LogP contribution in [0.3, 0.4) is 0 Å². The third-order valence-corrected chi connectivity index (χ3v) is 11.8. The summed E-state index contributed by atoms with van der Waals surface area (Å²) >= 11 is 0.290. The summed E-state index contributed by atoms with van der Waals surface area (Å²) in [5.74, 6) is 3.41. The number of phenols is 1.